The molecular weight excluding hydrogens is 298 g/mol. The van der Waals surface area contributed by atoms with Crippen LogP contribution in [-0.4, -0.2) is 12.6 Å². The van der Waals surface area contributed by atoms with E-state index in [-0.39, 0.29) is 0 Å². The number of hydrogen-bond donors (Lipinski definition) is 0. The van der Waals surface area contributed by atoms with Crippen molar-refractivity contribution in [3.63, 3.8) is 0 Å². The minimum absolute atomic E-state index is 0.581. The van der Waals surface area contributed by atoms with Gasteiger partial charge in [-0.3, -0.25) is 0 Å². The van der Waals surface area contributed by atoms with E-state index in [0.29, 0.717) is 5.88 Å². The van der Waals surface area contributed by atoms with Crippen LogP contribution in [0.15, 0.2) is 22.7 Å². The predicted octanol–water partition coefficient (Wildman–Crippen LogP) is 4.96. The standard InChI is InChI=1S/C14H19BrClN/c1-2-3-8-17(12-5-6-12)14-7-4-11(10-16)9-13(14)15/h4,7,9,12H,2-3,5-6,8,10H2,1H3. The molecule has 1 fully saturated rings. The maximum absolute atomic E-state index is 5.85. The monoisotopic (exact) mass is 315 g/mol. The van der Waals surface area contributed by atoms with Gasteiger partial charge in [-0.1, -0.05) is 19.4 Å². The lowest BCUT2D eigenvalue weighted by Crippen LogP contribution is -2.27. The van der Waals surface area contributed by atoms with Crippen molar-refractivity contribution in [3.05, 3.63) is 28.2 Å². The lowest BCUT2D eigenvalue weighted by molar-refractivity contribution is 0.712. The first-order valence-corrected chi connectivity index (χ1v) is 7.70. The molecule has 0 unspecified atom stereocenters. The molecule has 0 aromatic heterocycles. The van der Waals surface area contributed by atoms with Gasteiger partial charge < -0.3 is 4.90 Å². The first-order valence-electron chi connectivity index (χ1n) is 6.37. The van der Waals surface area contributed by atoms with Crippen molar-refractivity contribution in [2.24, 2.45) is 0 Å². The van der Waals surface area contributed by atoms with Crippen molar-refractivity contribution in [1.29, 1.82) is 0 Å². The molecule has 0 amide bonds. The average Bonchev–Trinajstić information content (AvgIpc) is 3.15. The molecule has 2 rings (SSSR count). The van der Waals surface area contributed by atoms with Crippen LogP contribution in [0.5, 0.6) is 0 Å². The summed E-state index contributed by atoms with van der Waals surface area (Å²) in [5.41, 5.74) is 2.50. The second-order valence-electron chi connectivity index (χ2n) is 4.70. The van der Waals surface area contributed by atoms with E-state index in [1.807, 2.05) is 0 Å². The van der Waals surface area contributed by atoms with Crippen molar-refractivity contribution < 1.29 is 0 Å². The van der Waals surface area contributed by atoms with Gasteiger partial charge in [0.25, 0.3) is 0 Å². The minimum atomic E-state index is 0.581. The van der Waals surface area contributed by atoms with Crippen molar-refractivity contribution in [2.75, 3.05) is 11.4 Å². The van der Waals surface area contributed by atoms with Crippen molar-refractivity contribution >= 4 is 33.2 Å². The van der Waals surface area contributed by atoms with Gasteiger partial charge in [0.2, 0.25) is 0 Å². The summed E-state index contributed by atoms with van der Waals surface area (Å²) in [7, 11) is 0. The van der Waals surface area contributed by atoms with Crippen LogP contribution >= 0.6 is 27.5 Å². The summed E-state index contributed by atoms with van der Waals surface area (Å²) in [6.07, 6.45) is 5.20. The Morgan fingerprint density at radius 2 is 2.18 bits per heavy atom. The highest BCUT2D eigenvalue weighted by molar-refractivity contribution is 9.10. The lowest BCUT2D eigenvalue weighted by atomic mass is 10.2. The second kappa shape index (κ2) is 6.10. The van der Waals surface area contributed by atoms with Crippen LogP contribution in [0.2, 0.25) is 0 Å². The second-order valence-corrected chi connectivity index (χ2v) is 5.82. The molecule has 0 aliphatic heterocycles. The highest BCUT2D eigenvalue weighted by atomic mass is 79.9. The van der Waals surface area contributed by atoms with E-state index >= 15 is 0 Å². The molecule has 94 valence electrons. The van der Waals surface area contributed by atoms with Crippen LogP contribution in [0.3, 0.4) is 0 Å². The van der Waals surface area contributed by atoms with Gasteiger partial charge in [0.1, 0.15) is 0 Å². The molecule has 0 saturated heterocycles. The highest BCUT2D eigenvalue weighted by Crippen LogP contribution is 2.36. The Bertz CT molecular complexity index is 376. The number of halogens is 2. The molecule has 17 heavy (non-hydrogen) atoms. The molecule has 1 nitrogen and oxygen atoms in total. The Morgan fingerprint density at radius 3 is 2.71 bits per heavy atom. The number of nitrogens with zero attached hydrogens (tertiary/aromatic N) is 1. The summed E-state index contributed by atoms with van der Waals surface area (Å²) in [5.74, 6) is 0.581. The third-order valence-corrected chi connectivity index (χ3v) is 4.16. The first-order chi connectivity index (χ1) is 8.26. The number of rotatable bonds is 6. The van der Waals surface area contributed by atoms with Gasteiger partial charge in [-0.15, -0.1) is 11.6 Å². The largest absolute Gasteiger partial charge is 0.368 e. The van der Waals surface area contributed by atoms with Crippen LogP contribution in [-0.2, 0) is 5.88 Å². The van der Waals surface area contributed by atoms with Crippen molar-refractivity contribution in [2.45, 2.75) is 44.5 Å². The minimum Gasteiger partial charge on any atom is -0.368 e. The van der Waals surface area contributed by atoms with Gasteiger partial charge >= 0.3 is 0 Å². The Balaban J connectivity index is 2.16. The van der Waals surface area contributed by atoms with Gasteiger partial charge in [-0.05, 0) is 52.9 Å². The predicted molar refractivity (Wildman–Crippen MR) is 79.0 cm³/mol. The van der Waals surface area contributed by atoms with Gasteiger partial charge in [0.15, 0.2) is 0 Å². The van der Waals surface area contributed by atoms with Crippen LogP contribution in [0, 0.1) is 0 Å². The van der Waals surface area contributed by atoms with Crippen molar-refractivity contribution in [3.8, 4) is 0 Å². The van der Waals surface area contributed by atoms with Crippen LogP contribution in [0.25, 0.3) is 0 Å². The van der Waals surface area contributed by atoms with E-state index in [9.17, 15) is 0 Å². The molecule has 1 aromatic carbocycles. The molecular formula is C14H19BrClN. The van der Waals surface area contributed by atoms with Crippen molar-refractivity contribution in [1.82, 2.24) is 0 Å². The number of anilines is 1. The number of benzene rings is 1. The summed E-state index contributed by atoms with van der Waals surface area (Å²) in [4.78, 5) is 2.55. The van der Waals surface area contributed by atoms with Gasteiger partial charge in [-0.2, -0.15) is 0 Å². The van der Waals surface area contributed by atoms with E-state index in [2.05, 4.69) is 46.0 Å². The van der Waals surface area contributed by atoms with E-state index in [4.69, 9.17) is 11.6 Å². The lowest BCUT2D eigenvalue weighted by Gasteiger charge is -2.26. The SMILES string of the molecule is CCCCN(c1ccc(CCl)cc1Br)C1CC1. The topological polar surface area (TPSA) is 3.24 Å². The van der Waals surface area contributed by atoms with E-state index < -0.39 is 0 Å². The maximum atomic E-state index is 5.85. The normalized spacial score (nSPS) is 15.0. The highest BCUT2D eigenvalue weighted by Gasteiger charge is 2.29. The summed E-state index contributed by atoms with van der Waals surface area (Å²) < 4.78 is 1.18. The summed E-state index contributed by atoms with van der Waals surface area (Å²) in [6, 6.07) is 7.24. The van der Waals surface area contributed by atoms with E-state index in [1.54, 1.807) is 0 Å². The average molecular weight is 317 g/mol. The Hall–Kier alpha value is -0.210. The summed E-state index contributed by atoms with van der Waals surface area (Å²) in [5, 5.41) is 0. The quantitative estimate of drug-likeness (QED) is 0.671. The molecule has 0 spiro atoms. The zero-order valence-corrected chi connectivity index (χ0v) is 12.6. The molecule has 0 radical (unpaired) electrons. The molecule has 0 heterocycles. The number of alkyl halides is 1. The first kappa shape index (κ1) is 13.2. The summed E-state index contributed by atoms with van der Waals surface area (Å²) >= 11 is 9.53. The van der Waals surface area contributed by atoms with Crippen LogP contribution in [0.1, 0.15) is 38.2 Å². The molecule has 1 saturated carbocycles. The Kier molecular flexibility index (Phi) is 4.75. The van der Waals surface area contributed by atoms with Gasteiger partial charge in [0, 0.05) is 22.9 Å². The fraction of sp³-hybridized carbons (Fsp3) is 0.571. The third kappa shape index (κ3) is 3.38. The Morgan fingerprint density at radius 1 is 1.41 bits per heavy atom. The molecule has 0 N–H and O–H groups in total. The smallest absolute Gasteiger partial charge is 0.0513 e. The fourth-order valence-corrected chi connectivity index (χ4v) is 2.90. The molecule has 1 aliphatic carbocycles. The zero-order chi connectivity index (χ0) is 12.3. The summed E-state index contributed by atoms with van der Waals surface area (Å²) in [6.45, 7) is 3.41. The molecule has 3 heteroatoms. The molecule has 1 aliphatic rings. The zero-order valence-electron chi connectivity index (χ0n) is 10.3. The third-order valence-electron chi connectivity index (χ3n) is 3.22. The van der Waals surface area contributed by atoms with Crippen LogP contribution < -0.4 is 4.90 Å². The Labute approximate surface area is 117 Å². The van der Waals surface area contributed by atoms with Gasteiger partial charge in [-0.25, -0.2) is 0 Å². The van der Waals surface area contributed by atoms with Crippen LogP contribution in [0.4, 0.5) is 5.69 Å². The molecule has 0 atom stereocenters. The fourth-order valence-electron chi connectivity index (χ4n) is 2.08. The number of unbranched alkanes of at least 4 members (excludes halogenated alkanes) is 1. The van der Waals surface area contributed by atoms with Gasteiger partial charge in [0.05, 0.1) is 5.69 Å². The number of hydrogen-bond acceptors (Lipinski definition) is 1. The molecule has 0 bridgehead atoms. The maximum Gasteiger partial charge on any atom is 0.0513 e. The van der Waals surface area contributed by atoms with E-state index in [1.165, 1.54) is 48.0 Å². The molecule has 1 aromatic rings. The van der Waals surface area contributed by atoms with E-state index in [0.717, 1.165) is 6.04 Å².